The highest BCUT2D eigenvalue weighted by Crippen LogP contribution is 2.36. The number of hydrogen-bond donors (Lipinski definition) is 1. The summed E-state index contributed by atoms with van der Waals surface area (Å²) in [5.74, 6) is -0.454. The Hall–Kier alpha value is -0.780. The number of halogens is 3. The van der Waals surface area contributed by atoms with E-state index in [4.69, 9.17) is 5.73 Å². The van der Waals surface area contributed by atoms with E-state index in [1.54, 1.807) is 0 Å². The van der Waals surface area contributed by atoms with Gasteiger partial charge in [-0.3, -0.25) is 4.79 Å². The summed E-state index contributed by atoms with van der Waals surface area (Å²) < 4.78 is 37.0. The average Bonchev–Trinajstić information content (AvgIpc) is 2.51. The molecule has 1 aliphatic carbocycles. The Morgan fingerprint density at radius 1 is 1.22 bits per heavy atom. The number of alkyl halides is 3. The molecule has 1 saturated carbocycles. The standard InChI is InChI=1S/C12H21F3N2O/c1-17(9-12(13,14)15)10(18)11(8-16)6-4-2-3-5-7-11/h2-9,16H2,1H3. The number of carbonyl (C=O) groups excluding carboxylic acids is 1. The third kappa shape index (κ3) is 3.86. The lowest BCUT2D eigenvalue weighted by molar-refractivity contribution is -0.165. The number of rotatable bonds is 3. The molecule has 1 fully saturated rings. The molecule has 1 amide bonds. The molecule has 1 rings (SSSR count). The molecular formula is C12H21F3N2O. The van der Waals surface area contributed by atoms with Gasteiger partial charge in [0.25, 0.3) is 0 Å². The Bertz CT molecular complexity index is 284. The number of carbonyl (C=O) groups is 1. The van der Waals surface area contributed by atoms with Gasteiger partial charge in [0, 0.05) is 13.6 Å². The van der Waals surface area contributed by atoms with Crippen LogP contribution < -0.4 is 5.73 Å². The van der Waals surface area contributed by atoms with Crippen LogP contribution in [-0.2, 0) is 4.79 Å². The summed E-state index contributed by atoms with van der Waals surface area (Å²) in [5.41, 5.74) is 4.90. The Morgan fingerprint density at radius 3 is 2.11 bits per heavy atom. The van der Waals surface area contributed by atoms with Gasteiger partial charge in [-0.25, -0.2) is 0 Å². The van der Waals surface area contributed by atoms with Gasteiger partial charge in [-0.05, 0) is 12.8 Å². The molecule has 0 atom stereocenters. The Balaban J connectivity index is 2.76. The first-order valence-corrected chi connectivity index (χ1v) is 6.33. The fourth-order valence-corrected chi connectivity index (χ4v) is 2.66. The molecule has 6 heteroatoms. The van der Waals surface area contributed by atoms with Gasteiger partial charge >= 0.3 is 6.18 Å². The largest absolute Gasteiger partial charge is 0.406 e. The predicted molar refractivity (Wildman–Crippen MR) is 62.9 cm³/mol. The van der Waals surface area contributed by atoms with Crippen molar-refractivity contribution < 1.29 is 18.0 Å². The van der Waals surface area contributed by atoms with E-state index in [9.17, 15) is 18.0 Å². The van der Waals surface area contributed by atoms with Crippen LogP contribution in [0.4, 0.5) is 13.2 Å². The minimum Gasteiger partial charge on any atom is -0.336 e. The zero-order valence-corrected chi connectivity index (χ0v) is 10.7. The monoisotopic (exact) mass is 266 g/mol. The summed E-state index contributed by atoms with van der Waals surface area (Å²) in [6.07, 6.45) is 0.627. The highest BCUT2D eigenvalue weighted by molar-refractivity contribution is 5.82. The number of nitrogens with two attached hydrogens (primary N) is 1. The smallest absolute Gasteiger partial charge is 0.336 e. The van der Waals surface area contributed by atoms with Crippen molar-refractivity contribution in [3.05, 3.63) is 0 Å². The molecule has 0 saturated heterocycles. The zero-order valence-electron chi connectivity index (χ0n) is 10.7. The molecule has 0 aliphatic heterocycles. The summed E-state index contributed by atoms with van der Waals surface area (Å²) in [4.78, 5) is 13.0. The van der Waals surface area contributed by atoms with Crippen LogP contribution in [0.1, 0.15) is 38.5 Å². The van der Waals surface area contributed by atoms with E-state index in [1.165, 1.54) is 7.05 Å². The lowest BCUT2D eigenvalue weighted by Gasteiger charge is -2.34. The van der Waals surface area contributed by atoms with Gasteiger partial charge in [0.15, 0.2) is 0 Å². The van der Waals surface area contributed by atoms with E-state index in [1.807, 2.05) is 0 Å². The highest BCUT2D eigenvalue weighted by Gasteiger charge is 2.41. The van der Waals surface area contributed by atoms with Crippen LogP contribution in [0.2, 0.25) is 0 Å². The highest BCUT2D eigenvalue weighted by atomic mass is 19.4. The van der Waals surface area contributed by atoms with Gasteiger partial charge in [-0.1, -0.05) is 25.7 Å². The molecule has 2 N–H and O–H groups in total. The number of nitrogens with zero attached hydrogens (tertiary/aromatic N) is 1. The first kappa shape index (κ1) is 15.3. The Kier molecular flexibility index (Phi) is 5.01. The summed E-state index contributed by atoms with van der Waals surface area (Å²) >= 11 is 0. The van der Waals surface area contributed by atoms with E-state index in [2.05, 4.69) is 0 Å². The normalized spacial score (nSPS) is 20.3. The minimum absolute atomic E-state index is 0.133. The Labute approximate surface area is 106 Å². The summed E-state index contributed by atoms with van der Waals surface area (Å²) in [7, 11) is 1.21. The second-order valence-corrected chi connectivity index (χ2v) is 5.18. The van der Waals surface area contributed by atoms with Crippen molar-refractivity contribution in [1.82, 2.24) is 4.90 Å². The van der Waals surface area contributed by atoms with E-state index in [0.29, 0.717) is 12.8 Å². The lowest BCUT2D eigenvalue weighted by Crippen LogP contribution is -2.49. The van der Waals surface area contributed by atoms with Crippen molar-refractivity contribution in [2.75, 3.05) is 20.1 Å². The summed E-state index contributed by atoms with van der Waals surface area (Å²) in [5, 5.41) is 0. The van der Waals surface area contributed by atoms with Crippen LogP contribution in [0.15, 0.2) is 0 Å². The maximum absolute atomic E-state index is 12.3. The molecule has 18 heavy (non-hydrogen) atoms. The molecule has 106 valence electrons. The van der Waals surface area contributed by atoms with E-state index in [-0.39, 0.29) is 6.54 Å². The molecule has 0 aromatic rings. The maximum Gasteiger partial charge on any atom is 0.406 e. The molecular weight excluding hydrogens is 245 g/mol. The molecule has 0 spiro atoms. The molecule has 0 bridgehead atoms. The lowest BCUT2D eigenvalue weighted by atomic mass is 9.79. The third-order valence-corrected chi connectivity index (χ3v) is 3.67. The molecule has 0 aromatic carbocycles. The van der Waals surface area contributed by atoms with Gasteiger partial charge < -0.3 is 10.6 Å². The second kappa shape index (κ2) is 5.91. The van der Waals surface area contributed by atoms with Crippen LogP contribution in [0.25, 0.3) is 0 Å². The summed E-state index contributed by atoms with van der Waals surface area (Å²) in [6, 6.07) is 0. The SMILES string of the molecule is CN(CC(F)(F)F)C(=O)C1(CN)CCCCCC1. The van der Waals surface area contributed by atoms with Crippen LogP contribution in [0.5, 0.6) is 0 Å². The topological polar surface area (TPSA) is 46.3 Å². The van der Waals surface area contributed by atoms with Crippen molar-refractivity contribution in [3.63, 3.8) is 0 Å². The summed E-state index contributed by atoms with van der Waals surface area (Å²) in [6.45, 7) is -1.07. The molecule has 3 nitrogen and oxygen atoms in total. The Morgan fingerprint density at radius 2 is 1.72 bits per heavy atom. The van der Waals surface area contributed by atoms with Crippen LogP contribution in [0, 0.1) is 5.41 Å². The second-order valence-electron chi connectivity index (χ2n) is 5.18. The van der Waals surface area contributed by atoms with Gasteiger partial charge in [0.05, 0.1) is 5.41 Å². The van der Waals surface area contributed by atoms with Crippen molar-refractivity contribution in [2.24, 2.45) is 11.1 Å². The van der Waals surface area contributed by atoms with E-state index in [0.717, 1.165) is 30.6 Å². The van der Waals surface area contributed by atoms with Gasteiger partial charge in [-0.15, -0.1) is 0 Å². The van der Waals surface area contributed by atoms with Gasteiger partial charge in [0.1, 0.15) is 6.54 Å². The third-order valence-electron chi connectivity index (χ3n) is 3.67. The van der Waals surface area contributed by atoms with Crippen LogP contribution in [-0.4, -0.2) is 37.1 Å². The molecule has 0 radical (unpaired) electrons. The van der Waals surface area contributed by atoms with E-state index < -0.39 is 24.0 Å². The average molecular weight is 266 g/mol. The number of hydrogen-bond acceptors (Lipinski definition) is 2. The first-order valence-electron chi connectivity index (χ1n) is 6.33. The molecule has 0 heterocycles. The first-order chi connectivity index (χ1) is 8.31. The van der Waals surface area contributed by atoms with Gasteiger partial charge in [-0.2, -0.15) is 13.2 Å². The van der Waals surface area contributed by atoms with Crippen molar-refractivity contribution >= 4 is 5.91 Å². The fraction of sp³-hybridized carbons (Fsp3) is 0.917. The van der Waals surface area contributed by atoms with Crippen molar-refractivity contribution in [2.45, 2.75) is 44.7 Å². The molecule has 0 unspecified atom stereocenters. The predicted octanol–water partition coefficient (Wildman–Crippen LogP) is 2.31. The van der Waals surface area contributed by atoms with Crippen LogP contribution >= 0.6 is 0 Å². The van der Waals surface area contributed by atoms with E-state index >= 15 is 0 Å². The number of amides is 1. The fourth-order valence-electron chi connectivity index (χ4n) is 2.66. The quantitative estimate of drug-likeness (QED) is 0.797. The maximum atomic E-state index is 12.3. The minimum atomic E-state index is -4.36. The van der Waals surface area contributed by atoms with Crippen LogP contribution in [0.3, 0.4) is 0 Å². The van der Waals surface area contributed by atoms with Gasteiger partial charge in [0.2, 0.25) is 5.91 Å². The van der Waals surface area contributed by atoms with Crippen molar-refractivity contribution in [3.8, 4) is 0 Å². The van der Waals surface area contributed by atoms with Crippen molar-refractivity contribution in [1.29, 1.82) is 0 Å². The molecule has 0 aromatic heterocycles. The zero-order chi connectivity index (χ0) is 13.8. The molecule has 1 aliphatic rings.